The van der Waals surface area contributed by atoms with E-state index in [-0.39, 0.29) is 11.7 Å². The molecule has 0 aromatic heterocycles. The van der Waals surface area contributed by atoms with E-state index >= 15 is 0 Å². The van der Waals surface area contributed by atoms with Crippen LogP contribution < -0.4 is 5.32 Å². The highest BCUT2D eigenvalue weighted by Gasteiger charge is 2.07. The minimum absolute atomic E-state index is 0.0769. The molecule has 0 atom stereocenters. The average Bonchev–Trinajstić information content (AvgIpc) is 2.27. The Kier molecular flexibility index (Phi) is 3.67. The third-order valence-electron chi connectivity index (χ3n) is 2.41. The molecule has 92 valence electrons. The van der Waals surface area contributed by atoms with Gasteiger partial charge in [-0.25, -0.2) is 0 Å². The van der Waals surface area contributed by atoms with Gasteiger partial charge in [0.05, 0.1) is 0 Å². The summed E-state index contributed by atoms with van der Waals surface area (Å²) in [6.07, 6.45) is 0. The van der Waals surface area contributed by atoms with Crippen LogP contribution in [0.15, 0.2) is 46.9 Å². The first-order valence-corrected chi connectivity index (χ1v) is 6.21. The van der Waals surface area contributed by atoms with E-state index in [4.69, 9.17) is 0 Å². The molecule has 1 amide bonds. The number of rotatable bonds is 2. The van der Waals surface area contributed by atoms with Crippen molar-refractivity contribution in [1.29, 1.82) is 0 Å². The maximum absolute atomic E-state index is 12.0. The Balaban J connectivity index is 2.21. The van der Waals surface area contributed by atoms with E-state index in [0.29, 0.717) is 5.56 Å². The van der Waals surface area contributed by atoms with Gasteiger partial charge in [-0.05, 0) is 48.9 Å². The fraction of sp³-hybridized carbons (Fsp3) is 0.0714. The summed E-state index contributed by atoms with van der Waals surface area (Å²) >= 11 is 3.38. The first-order chi connectivity index (χ1) is 8.54. The van der Waals surface area contributed by atoms with Crippen molar-refractivity contribution >= 4 is 27.5 Å². The Bertz CT molecular complexity index is 576. The number of carbonyl (C=O) groups excluding carboxylic acids is 1. The van der Waals surface area contributed by atoms with Crippen LogP contribution in [0.2, 0.25) is 0 Å². The number of benzene rings is 2. The molecular formula is C14H12BrNO2. The second-order valence-corrected chi connectivity index (χ2v) is 4.94. The molecule has 3 nitrogen and oxygen atoms in total. The van der Waals surface area contributed by atoms with E-state index < -0.39 is 0 Å². The van der Waals surface area contributed by atoms with E-state index in [1.54, 1.807) is 12.1 Å². The minimum Gasteiger partial charge on any atom is -0.508 e. The molecule has 0 saturated carbocycles. The van der Waals surface area contributed by atoms with Crippen molar-refractivity contribution in [2.75, 3.05) is 5.32 Å². The summed E-state index contributed by atoms with van der Waals surface area (Å²) in [4.78, 5) is 12.0. The Hall–Kier alpha value is -1.81. The Morgan fingerprint density at radius 2 is 2.00 bits per heavy atom. The molecule has 0 saturated heterocycles. The second-order valence-electron chi connectivity index (χ2n) is 4.02. The molecule has 0 radical (unpaired) electrons. The molecular weight excluding hydrogens is 294 g/mol. The average molecular weight is 306 g/mol. The lowest BCUT2D eigenvalue weighted by atomic mass is 10.2. The van der Waals surface area contributed by atoms with Gasteiger partial charge in [-0.15, -0.1) is 0 Å². The monoisotopic (exact) mass is 305 g/mol. The molecule has 0 aliphatic carbocycles. The summed E-state index contributed by atoms with van der Waals surface area (Å²) in [6, 6.07) is 11.9. The van der Waals surface area contributed by atoms with E-state index in [1.807, 2.05) is 25.1 Å². The standard InChI is InChI=1S/C14H12BrNO2/c1-9-5-11(15)8-12(6-9)16-14(18)10-3-2-4-13(17)7-10/h2-8,17H,1H3,(H,16,18). The summed E-state index contributed by atoms with van der Waals surface area (Å²) in [5, 5.41) is 12.1. The molecule has 0 aliphatic rings. The topological polar surface area (TPSA) is 49.3 Å². The molecule has 0 unspecified atom stereocenters. The Morgan fingerprint density at radius 1 is 1.22 bits per heavy atom. The predicted molar refractivity (Wildman–Crippen MR) is 74.9 cm³/mol. The predicted octanol–water partition coefficient (Wildman–Crippen LogP) is 3.72. The molecule has 0 bridgehead atoms. The second kappa shape index (κ2) is 5.23. The Labute approximate surface area is 114 Å². The van der Waals surface area contributed by atoms with Gasteiger partial charge in [0, 0.05) is 15.7 Å². The normalized spacial score (nSPS) is 10.1. The van der Waals surface area contributed by atoms with Crippen LogP contribution in [0, 0.1) is 6.92 Å². The van der Waals surface area contributed by atoms with Gasteiger partial charge in [-0.3, -0.25) is 4.79 Å². The molecule has 4 heteroatoms. The quantitative estimate of drug-likeness (QED) is 0.888. The van der Waals surface area contributed by atoms with Gasteiger partial charge < -0.3 is 10.4 Å². The van der Waals surface area contributed by atoms with Crippen LogP contribution >= 0.6 is 15.9 Å². The smallest absolute Gasteiger partial charge is 0.255 e. The van der Waals surface area contributed by atoms with Crippen LogP contribution in [0.1, 0.15) is 15.9 Å². The fourth-order valence-corrected chi connectivity index (χ4v) is 2.27. The highest BCUT2D eigenvalue weighted by molar-refractivity contribution is 9.10. The first-order valence-electron chi connectivity index (χ1n) is 5.42. The van der Waals surface area contributed by atoms with Crippen molar-refractivity contribution in [2.24, 2.45) is 0 Å². The van der Waals surface area contributed by atoms with Gasteiger partial charge in [-0.1, -0.05) is 22.0 Å². The number of hydrogen-bond donors (Lipinski definition) is 2. The molecule has 18 heavy (non-hydrogen) atoms. The van der Waals surface area contributed by atoms with E-state index in [1.165, 1.54) is 12.1 Å². The van der Waals surface area contributed by atoms with Crippen LogP contribution in [-0.4, -0.2) is 11.0 Å². The number of hydrogen-bond acceptors (Lipinski definition) is 2. The van der Waals surface area contributed by atoms with Gasteiger partial charge in [0.2, 0.25) is 0 Å². The third-order valence-corrected chi connectivity index (χ3v) is 2.87. The SMILES string of the molecule is Cc1cc(Br)cc(NC(=O)c2cccc(O)c2)c1. The summed E-state index contributed by atoms with van der Waals surface area (Å²) in [6.45, 7) is 1.95. The first kappa shape index (κ1) is 12.6. The van der Waals surface area contributed by atoms with Crippen LogP contribution in [0.25, 0.3) is 0 Å². The van der Waals surface area contributed by atoms with Crippen LogP contribution in [0.3, 0.4) is 0 Å². The van der Waals surface area contributed by atoms with Gasteiger partial charge in [0.15, 0.2) is 0 Å². The van der Waals surface area contributed by atoms with Crippen LogP contribution in [0.5, 0.6) is 5.75 Å². The number of aryl methyl sites for hydroxylation is 1. The number of carbonyl (C=O) groups is 1. The van der Waals surface area contributed by atoms with Crippen molar-refractivity contribution < 1.29 is 9.90 Å². The zero-order valence-electron chi connectivity index (χ0n) is 9.77. The van der Waals surface area contributed by atoms with Crippen molar-refractivity contribution in [3.05, 3.63) is 58.1 Å². The van der Waals surface area contributed by atoms with Gasteiger partial charge in [0.25, 0.3) is 5.91 Å². The molecule has 0 heterocycles. The zero-order valence-corrected chi connectivity index (χ0v) is 11.4. The van der Waals surface area contributed by atoms with Crippen LogP contribution in [0.4, 0.5) is 5.69 Å². The fourth-order valence-electron chi connectivity index (χ4n) is 1.66. The van der Waals surface area contributed by atoms with E-state index in [0.717, 1.165) is 15.7 Å². The Morgan fingerprint density at radius 3 is 2.67 bits per heavy atom. The largest absolute Gasteiger partial charge is 0.508 e. The highest BCUT2D eigenvalue weighted by atomic mass is 79.9. The van der Waals surface area contributed by atoms with Crippen molar-refractivity contribution in [2.45, 2.75) is 6.92 Å². The van der Waals surface area contributed by atoms with Crippen molar-refractivity contribution in [3.8, 4) is 5.75 Å². The lowest BCUT2D eigenvalue weighted by molar-refractivity contribution is 0.102. The molecule has 2 aromatic carbocycles. The molecule has 0 aliphatic heterocycles. The number of phenols is 1. The van der Waals surface area contributed by atoms with Gasteiger partial charge in [0.1, 0.15) is 5.75 Å². The summed E-state index contributed by atoms with van der Waals surface area (Å²) in [5.41, 5.74) is 2.19. The number of phenolic OH excluding ortho intramolecular Hbond substituents is 1. The maximum Gasteiger partial charge on any atom is 0.255 e. The van der Waals surface area contributed by atoms with Gasteiger partial charge in [-0.2, -0.15) is 0 Å². The van der Waals surface area contributed by atoms with Crippen molar-refractivity contribution in [1.82, 2.24) is 0 Å². The summed E-state index contributed by atoms with van der Waals surface area (Å²) in [5.74, 6) is -0.170. The van der Waals surface area contributed by atoms with Gasteiger partial charge >= 0.3 is 0 Å². The summed E-state index contributed by atoms with van der Waals surface area (Å²) in [7, 11) is 0. The number of nitrogens with one attached hydrogen (secondary N) is 1. The number of amides is 1. The third kappa shape index (κ3) is 3.11. The summed E-state index contributed by atoms with van der Waals surface area (Å²) < 4.78 is 0.911. The lowest BCUT2D eigenvalue weighted by Gasteiger charge is -2.07. The lowest BCUT2D eigenvalue weighted by Crippen LogP contribution is -2.11. The maximum atomic E-state index is 12.0. The van der Waals surface area contributed by atoms with Crippen LogP contribution in [-0.2, 0) is 0 Å². The highest BCUT2D eigenvalue weighted by Crippen LogP contribution is 2.20. The molecule has 2 aromatic rings. The molecule has 2 N–H and O–H groups in total. The van der Waals surface area contributed by atoms with E-state index in [9.17, 15) is 9.90 Å². The number of aromatic hydroxyl groups is 1. The van der Waals surface area contributed by atoms with Crippen molar-refractivity contribution in [3.63, 3.8) is 0 Å². The molecule has 0 spiro atoms. The number of anilines is 1. The molecule has 0 fully saturated rings. The zero-order chi connectivity index (χ0) is 13.1. The molecule has 2 rings (SSSR count). The minimum atomic E-state index is -0.247. The number of halogens is 1. The van der Waals surface area contributed by atoms with E-state index in [2.05, 4.69) is 21.2 Å².